The van der Waals surface area contributed by atoms with Gasteiger partial charge in [0.05, 0.1) is 17.1 Å². The lowest BCUT2D eigenvalue weighted by molar-refractivity contribution is -0.114. The molecule has 4 rings (SSSR count). The van der Waals surface area contributed by atoms with Gasteiger partial charge in [-0.3, -0.25) is 14.7 Å². The fraction of sp³-hybridized carbons (Fsp3) is 0.0667. The van der Waals surface area contributed by atoms with E-state index < -0.39 is 0 Å². The first kappa shape index (κ1) is 13.7. The van der Waals surface area contributed by atoms with Crippen LogP contribution in [0, 0.1) is 0 Å². The molecule has 2 aliphatic rings. The summed E-state index contributed by atoms with van der Waals surface area (Å²) in [6, 6.07) is 13.6. The number of carbonyl (C=O) groups excluding carboxylic acids is 1. The van der Waals surface area contributed by atoms with Gasteiger partial charge in [-0.2, -0.15) is 0 Å². The Morgan fingerprint density at radius 1 is 1.14 bits per heavy atom. The van der Waals surface area contributed by atoms with E-state index in [1.54, 1.807) is 28.9 Å². The summed E-state index contributed by atoms with van der Waals surface area (Å²) in [5.74, 6) is -0.00754. The lowest BCUT2D eigenvalue weighted by Crippen LogP contribution is -2.39. The van der Waals surface area contributed by atoms with Crippen molar-refractivity contribution in [1.82, 2.24) is 4.98 Å². The summed E-state index contributed by atoms with van der Waals surface area (Å²) < 4.78 is 0. The Hall–Kier alpha value is -2.31. The molecule has 0 spiro atoms. The highest BCUT2D eigenvalue weighted by Gasteiger charge is 2.37. The van der Waals surface area contributed by atoms with Crippen molar-refractivity contribution in [1.29, 1.82) is 0 Å². The molecular formula is C15H13N3O2S. The van der Waals surface area contributed by atoms with Crippen LogP contribution in [-0.2, 0) is 4.79 Å². The first-order chi connectivity index (χ1) is 9.83. The number of rotatable bonds is 1. The number of fused-ring (bicyclic) bond motifs is 3. The summed E-state index contributed by atoms with van der Waals surface area (Å²) >= 11 is 1.61. The van der Waals surface area contributed by atoms with Crippen molar-refractivity contribution in [3.8, 4) is 0 Å². The summed E-state index contributed by atoms with van der Waals surface area (Å²) in [5, 5.41) is 3.37. The zero-order valence-electron chi connectivity index (χ0n) is 11.0. The lowest BCUT2D eigenvalue weighted by Gasteiger charge is -2.28. The van der Waals surface area contributed by atoms with E-state index in [4.69, 9.17) is 0 Å². The third kappa shape index (κ3) is 2.18. The molecule has 0 aliphatic carbocycles. The van der Waals surface area contributed by atoms with Crippen molar-refractivity contribution in [2.24, 2.45) is 0 Å². The molecule has 1 aromatic heterocycles. The monoisotopic (exact) mass is 299 g/mol. The van der Waals surface area contributed by atoms with E-state index in [0.717, 1.165) is 22.0 Å². The van der Waals surface area contributed by atoms with Gasteiger partial charge in [-0.15, -0.1) is 0 Å². The van der Waals surface area contributed by atoms with Gasteiger partial charge in [-0.05, 0) is 24.3 Å². The molecule has 1 amide bonds. The minimum Gasteiger partial charge on any atom is -0.412 e. The molecule has 1 aromatic carbocycles. The molecule has 6 heteroatoms. The second-order valence-corrected chi connectivity index (χ2v) is 5.69. The number of pyridine rings is 1. The number of nitrogens with zero attached hydrogens (tertiary/aromatic N) is 2. The van der Waals surface area contributed by atoms with Crippen LogP contribution in [0.5, 0.6) is 0 Å². The second-order valence-electron chi connectivity index (χ2n) is 4.56. The van der Waals surface area contributed by atoms with Gasteiger partial charge in [-0.1, -0.05) is 30.0 Å². The van der Waals surface area contributed by atoms with Gasteiger partial charge in [0.15, 0.2) is 5.50 Å². The molecule has 5 nitrogen and oxygen atoms in total. The van der Waals surface area contributed by atoms with Crippen LogP contribution in [0.4, 0.5) is 11.4 Å². The number of carbonyl (C=O) groups is 1. The molecule has 2 aromatic rings. The topological polar surface area (TPSA) is 76.7 Å². The molecule has 1 unspecified atom stereocenters. The average Bonchev–Trinajstić information content (AvgIpc) is 2.87. The highest BCUT2D eigenvalue weighted by Crippen LogP contribution is 2.45. The first-order valence-electron chi connectivity index (χ1n) is 6.31. The number of hydrogen-bond donors (Lipinski definition) is 1. The van der Waals surface area contributed by atoms with Crippen LogP contribution in [0.1, 0.15) is 5.69 Å². The number of amides is 1. The van der Waals surface area contributed by atoms with E-state index >= 15 is 0 Å². The van der Waals surface area contributed by atoms with E-state index in [0.29, 0.717) is 0 Å². The summed E-state index contributed by atoms with van der Waals surface area (Å²) in [5.41, 5.74) is 2.67. The number of aromatic nitrogens is 1. The number of anilines is 2. The largest absolute Gasteiger partial charge is 0.412 e. The maximum atomic E-state index is 12.4. The molecule has 0 saturated carbocycles. The van der Waals surface area contributed by atoms with E-state index in [-0.39, 0.29) is 16.9 Å². The molecule has 3 N–H and O–H groups in total. The lowest BCUT2D eigenvalue weighted by atomic mass is 10.2. The Labute approximate surface area is 126 Å². The van der Waals surface area contributed by atoms with Crippen molar-refractivity contribution in [3.63, 3.8) is 0 Å². The molecule has 2 aliphatic heterocycles. The van der Waals surface area contributed by atoms with Gasteiger partial charge in [-0.25, -0.2) is 0 Å². The van der Waals surface area contributed by atoms with Gasteiger partial charge < -0.3 is 10.8 Å². The Morgan fingerprint density at radius 2 is 1.95 bits per heavy atom. The SMILES string of the molecule is O.O=C1C=C(c2ccccn2)SC2Nc3ccccc3N12. The Morgan fingerprint density at radius 3 is 2.76 bits per heavy atom. The quantitative estimate of drug-likeness (QED) is 0.874. The molecule has 0 saturated heterocycles. The Bertz CT molecular complexity index is 718. The fourth-order valence-electron chi connectivity index (χ4n) is 2.42. The average molecular weight is 299 g/mol. The third-order valence-corrected chi connectivity index (χ3v) is 4.46. The van der Waals surface area contributed by atoms with Crippen LogP contribution < -0.4 is 10.2 Å². The van der Waals surface area contributed by atoms with Crippen molar-refractivity contribution < 1.29 is 10.3 Å². The first-order valence-corrected chi connectivity index (χ1v) is 7.19. The number of para-hydroxylation sites is 2. The van der Waals surface area contributed by atoms with Crippen molar-refractivity contribution >= 4 is 33.9 Å². The van der Waals surface area contributed by atoms with Crippen LogP contribution in [0.3, 0.4) is 0 Å². The van der Waals surface area contributed by atoms with E-state index in [1.165, 1.54) is 0 Å². The van der Waals surface area contributed by atoms with Crippen LogP contribution >= 0.6 is 11.8 Å². The molecule has 0 radical (unpaired) electrons. The van der Waals surface area contributed by atoms with Gasteiger partial charge in [0.25, 0.3) is 5.91 Å². The van der Waals surface area contributed by atoms with Crippen molar-refractivity contribution in [2.75, 3.05) is 10.2 Å². The minimum atomic E-state index is -0.0955. The highest BCUT2D eigenvalue weighted by molar-refractivity contribution is 8.09. The van der Waals surface area contributed by atoms with Crippen molar-refractivity contribution in [2.45, 2.75) is 5.50 Å². The maximum Gasteiger partial charge on any atom is 0.254 e. The van der Waals surface area contributed by atoms with E-state index in [9.17, 15) is 4.79 Å². The number of nitrogens with one attached hydrogen (secondary N) is 1. The Balaban J connectivity index is 0.00000132. The summed E-state index contributed by atoms with van der Waals surface area (Å²) in [6.45, 7) is 0. The number of benzene rings is 1. The highest BCUT2D eigenvalue weighted by atomic mass is 32.2. The number of hydrogen-bond acceptors (Lipinski definition) is 4. The molecule has 106 valence electrons. The predicted octanol–water partition coefficient (Wildman–Crippen LogP) is 2.09. The van der Waals surface area contributed by atoms with Crippen LogP contribution in [-0.4, -0.2) is 21.9 Å². The van der Waals surface area contributed by atoms with Gasteiger partial charge >= 0.3 is 0 Å². The standard InChI is InChI=1S/C15H11N3OS.H2O/c19-14-9-13(11-6-3-4-8-16-11)20-15-17-10-5-1-2-7-12(10)18(14)15;/h1-9,15,17H;1H2. The summed E-state index contributed by atoms with van der Waals surface area (Å²) in [4.78, 5) is 19.4. The Kier molecular flexibility index (Phi) is 3.40. The van der Waals surface area contributed by atoms with Gasteiger partial charge in [0.1, 0.15) is 0 Å². The number of thioether (sulfide) groups is 1. The van der Waals surface area contributed by atoms with E-state index in [2.05, 4.69) is 10.3 Å². The molecule has 0 bridgehead atoms. The zero-order valence-corrected chi connectivity index (χ0v) is 11.8. The van der Waals surface area contributed by atoms with Crippen LogP contribution in [0.15, 0.2) is 54.7 Å². The van der Waals surface area contributed by atoms with Gasteiger partial charge in [0, 0.05) is 17.2 Å². The zero-order chi connectivity index (χ0) is 13.5. The summed E-state index contributed by atoms with van der Waals surface area (Å²) in [7, 11) is 0. The summed E-state index contributed by atoms with van der Waals surface area (Å²) in [6.07, 6.45) is 3.40. The second kappa shape index (κ2) is 5.23. The van der Waals surface area contributed by atoms with Crippen LogP contribution in [0.25, 0.3) is 4.91 Å². The molecule has 1 atom stereocenters. The van der Waals surface area contributed by atoms with Crippen LogP contribution in [0.2, 0.25) is 0 Å². The maximum absolute atomic E-state index is 12.4. The normalized spacial score (nSPS) is 19.0. The molecule has 0 fully saturated rings. The van der Waals surface area contributed by atoms with Crippen molar-refractivity contribution in [3.05, 3.63) is 60.4 Å². The van der Waals surface area contributed by atoms with E-state index in [1.807, 2.05) is 42.5 Å². The predicted molar refractivity (Wildman–Crippen MR) is 84.8 cm³/mol. The minimum absolute atomic E-state index is 0. The molecular weight excluding hydrogens is 286 g/mol. The third-order valence-electron chi connectivity index (χ3n) is 3.33. The molecule has 21 heavy (non-hydrogen) atoms. The fourth-order valence-corrected chi connectivity index (χ4v) is 3.58. The van der Waals surface area contributed by atoms with Gasteiger partial charge in [0.2, 0.25) is 0 Å². The molecule has 3 heterocycles. The smallest absolute Gasteiger partial charge is 0.254 e.